The Balaban J connectivity index is 2.21. The molecule has 0 fully saturated rings. The number of ether oxygens (including phenoxy) is 2. The first-order chi connectivity index (χ1) is 11.5. The largest absolute Gasteiger partial charge is 0.489 e. The molecule has 2 rings (SSSR count). The molecule has 0 aliphatic rings. The molecule has 0 heterocycles. The van der Waals surface area contributed by atoms with Crippen molar-refractivity contribution in [1.29, 1.82) is 0 Å². The van der Waals surface area contributed by atoms with E-state index >= 15 is 0 Å². The van der Waals surface area contributed by atoms with E-state index in [-0.39, 0.29) is 0 Å². The maximum Gasteiger partial charge on any atom is 0.411 e. The van der Waals surface area contributed by atoms with Crippen LogP contribution in [0.4, 0.5) is 10.5 Å². The van der Waals surface area contributed by atoms with Crippen LogP contribution in [0.3, 0.4) is 0 Å². The summed E-state index contributed by atoms with van der Waals surface area (Å²) in [5.41, 5.74) is 5.08. The highest BCUT2D eigenvalue weighted by atomic mass is 16.5. The van der Waals surface area contributed by atoms with E-state index in [1.807, 2.05) is 37.3 Å². The van der Waals surface area contributed by atoms with E-state index in [9.17, 15) is 4.79 Å². The molecule has 0 saturated carbocycles. The molecule has 0 spiro atoms. The lowest BCUT2D eigenvalue weighted by Gasteiger charge is -2.16. The van der Waals surface area contributed by atoms with Crippen molar-refractivity contribution in [1.82, 2.24) is 0 Å². The highest BCUT2D eigenvalue weighted by molar-refractivity contribution is 5.87. The predicted octanol–water partition coefficient (Wildman–Crippen LogP) is 5.01. The summed E-state index contributed by atoms with van der Waals surface area (Å²) < 4.78 is 11.0. The molecular weight excluding hydrogens is 302 g/mol. The van der Waals surface area contributed by atoms with Gasteiger partial charge in [-0.3, -0.25) is 5.32 Å². The van der Waals surface area contributed by atoms with Gasteiger partial charge >= 0.3 is 6.09 Å². The number of rotatable bonds is 6. The van der Waals surface area contributed by atoms with Gasteiger partial charge in [-0.2, -0.15) is 0 Å². The summed E-state index contributed by atoms with van der Waals surface area (Å²) in [6.45, 7) is 8.66. The highest BCUT2D eigenvalue weighted by Gasteiger charge is 2.12. The number of amides is 1. The minimum absolute atomic E-state index is 0.342. The molecule has 0 aliphatic heterocycles. The molecular formula is C20H25NO3. The van der Waals surface area contributed by atoms with Crippen molar-refractivity contribution in [2.75, 3.05) is 11.9 Å². The van der Waals surface area contributed by atoms with E-state index in [2.05, 4.69) is 25.2 Å². The zero-order chi connectivity index (χ0) is 17.5. The average molecular weight is 327 g/mol. The number of para-hydroxylation sites is 1. The topological polar surface area (TPSA) is 47.6 Å². The van der Waals surface area contributed by atoms with Gasteiger partial charge in [-0.15, -0.1) is 0 Å². The molecule has 128 valence electrons. The van der Waals surface area contributed by atoms with Gasteiger partial charge in [0.05, 0.1) is 12.3 Å². The molecule has 0 aliphatic carbocycles. The van der Waals surface area contributed by atoms with Crippen molar-refractivity contribution in [3.05, 3.63) is 58.7 Å². The molecule has 1 N–H and O–H groups in total. The zero-order valence-electron chi connectivity index (χ0n) is 14.8. The number of hydrogen-bond acceptors (Lipinski definition) is 3. The summed E-state index contributed by atoms with van der Waals surface area (Å²) in [6.07, 6.45) is 0.380. The highest BCUT2D eigenvalue weighted by Crippen LogP contribution is 2.25. The minimum Gasteiger partial charge on any atom is -0.489 e. The first-order valence-corrected chi connectivity index (χ1v) is 8.29. The van der Waals surface area contributed by atoms with Crippen LogP contribution < -0.4 is 10.1 Å². The number of nitrogens with one attached hydrogen (secondary N) is 1. The van der Waals surface area contributed by atoms with Crippen LogP contribution in [0.2, 0.25) is 0 Å². The molecule has 4 heteroatoms. The molecule has 2 aromatic carbocycles. The fourth-order valence-electron chi connectivity index (χ4n) is 2.61. The predicted molar refractivity (Wildman–Crippen MR) is 96.7 cm³/mol. The summed E-state index contributed by atoms with van der Waals surface area (Å²) in [4.78, 5) is 11.8. The SMILES string of the molecule is CCOC(=O)Nc1c(CC)cccc1COc1ccc(C)cc1C. The Hall–Kier alpha value is -2.49. The van der Waals surface area contributed by atoms with Crippen molar-refractivity contribution in [2.24, 2.45) is 0 Å². The fourth-order valence-corrected chi connectivity index (χ4v) is 2.61. The van der Waals surface area contributed by atoms with E-state index < -0.39 is 6.09 Å². The Kier molecular flexibility index (Phi) is 6.24. The Bertz CT molecular complexity index is 710. The first kappa shape index (κ1) is 17.9. The van der Waals surface area contributed by atoms with Crippen molar-refractivity contribution in [3.63, 3.8) is 0 Å². The molecule has 0 aromatic heterocycles. The lowest BCUT2D eigenvalue weighted by atomic mass is 10.1. The number of anilines is 1. The van der Waals surface area contributed by atoms with Crippen LogP contribution >= 0.6 is 0 Å². The quantitative estimate of drug-likeness (QED) is 0.811. The van der Waals surface area contributed by atoms with Gasteiger partial charge in [0.2, 0.25) is 0 Å². The summed E-state index contributed by atoms with van der Waals surface area (Å²) in [6, 6.07) is 12.0. The van der Waals surface area contributed by atoms with Gasteiger partial charge in [0.15, 0.2) is 0 Å². The van der Waals surface area contributed by atoms with Crippen LogP contribution in [0, 0.1) is 13.8 Å². The number of carbonyl (C=O) groups is 1. The Morgan fingerprint density at radius 2 is 1.83 bits per heavy atom. The second kappa shape index (κ2) is 8.39. The standard InChI is InChI=1S/C20H25NO3/c1-5-16-8-7-9-17(19(16)21-20(22)23-6-2)13-24-18-11-10-14(3)12-15(18)4/h7-12H,5-6,13H2,1-4H3,(H,21,22). The maximum atomic E-state index is 11.8. The van der Waals surface area contributed by atoms with E-state index in [0.29, 0.717) is 13.2 Å². The third kappa shape index (κ3) is 4.51. The Morgan fingerprint density at radius 3 is 2.50 bits per heavy atom. The van der Waals surface area contributed by atoms with Gasteiger partial charge in [-0.1, -0.05) is 42.8 Å². The van der Waals surface area contributed by atoms with Crippen LogP contribution in [0.1, 0.15) is 36.1 Å². The molecule has 0 unspecified atom stereocenters. The van der Waals surface area contributed by atoms with E-state index in [0.717, 1.165) is 34.5 Å². The molecule has 24 heavy (non-hydrogen) atoms. The van der Waals surface area contributed by atoms with Crippen molar-refractivity contribution < 1.29 is 14.3 Å². The van der Waals surface area contributed by atoms with Gasteiger partial charge in [0, 0.05) is 5.56 Å². The fraction of sp³-hybridized carbons (Fsp3) is 0.350. The van der Waals surface area contributed by atoms with Crippen LogP contribution in [-0.2, 0) is 17.8 Å². The van der Waals surface area contributed by atoms with Crippen molar-refractivity contribution in [2.45, 2.75) is 40.7 Å². The smallest absolute Gasteiger partial charge is 0.411 e. The van der Waals surface area contributed by atoms with Crippen molar-refractivity contribution >= 4 is 11.8 Å². The van der Waals surface area contributed by atoms with E-state index in [4.69, 9.17) is 9.47 Å². The van der Waals surface area contributed by atoms with E-state index in [1.165, 1.54) is 5.56 Å². The van der Waals surface area contributed by atoms with Gasteiger partial charge in [0.25, 0.3) is 0 Å². The van der Waals surface area contributed by atoms with E-state index in [1.54, 1.807) is 6.92 Å². The number of aryl methyl sites for hydroxylation is 3. The lowest BCUT2D eigenvalue weighted by Crippen LogP contribution is -2.16. The zero-order valence-corrected chi connectivity index (χ0v) is 14.8. The molecule has 2 aromatic rings. The molecule has 0 bridgehead atoms. The van der Waals surface area contributed by atoms with Gasteiger partial charge in [-0.05, 0) is 44.4 Å². The van der Waals surface area contributed by atoms with Crippen LogP contribution in [0.5, 0.6) is 5.75 Å². The summed E-state index contributed by atoms with van der Waals surface area (Å²) in [5, 5.41) is 2.85. The maximum absolute atomic E-state index is 11.8. The molecule has 0 atom stereocenters. The third-order valence-corrected chi connectivity index (χ3v) is 3.83. The Morgan fingerprint density at radius 1 is 1.08 bits per heavy atom. The number of benzene rings is 2. The summed E-state index contributed by atoms with van der Waals surface area (Å²) >= 11 is 0. The van der Waals surface area contributed by atoms with Gasteiger partial charge < -0.3 is 9.47 Å². The molecule has 0 radical (unpaired) electrons. The monoisotopic (exact) mass is 327 g/mol. The molecule has 0 saturated heterocycles. The molecule has 1 amide bonds. The minimum atomic E-state index is -0.439. The van der Waals surface area contributed by atoms with Gasteiger partial charge in [-0.25, -0.2) is 4.79 Å². The second-order valence-electron chi connectivity index (χ2n) is 5.71. The van der Waals surface area contributed by atoms with Crippen LogP contribution in [-0.4, -0.2) is 12.7 Å². The number of hydrogen-bond donors (Lipinski definition) is 1. The van der Waals surface area contributed by atoms with Gasteiger partial charge in [0.1, 0.15) is 12.4 Å². The Labute approximate surface area is 143 Å². The normalized spacial score (nSPS) is 10.3. The third-order valence-electron chi connectivity index (χ3n) is 3.83. The second-order valence-corrected chi connectivity index (χ2v) is 5.71. The van der Waals surface area contributed by atoms with Crippen LogP contribution in [0.15, 0.2) is 36.4 Å². The van der Waals surface area contributed by atoms with Crippen LogP contribution in [0.25, 0.3) is 0 Å². The van der Waals surface area contributed by atoms with Crippen molar-refractivity contribution in [3.8, 4) is 5.75 Å². The average Bonchev–Trinajstić information content (AvgIpc) is 2.55. The lowest BCUT2D eigenvalue weighted by molar-refractivity contribution is 0.168. The first-order valence-electron chi connectivity index (χ1n) is 8.29. The summed E-state index contributed by atoms with van der Waals surface area (Å²) in [5.74, 6) is 0.851. The molecule has 4 nitrogen and oxygen atoms in total. The summed E-state index contributed by atoms with van der Waals surface area (Å²) in [7, 11) is 0. The number of carbonyl (C=O) groups excluding carboxylic acids is 1.